The number of hydrogen-bond acceptors (Lipinski definition) is 4. The number of carbonyl (C=O) groups is 1. The van der Waals surface area contributed by atoms with Crippen LogP contribution in [-0.4, -0.2) is 27.8 Å². The van der Waals surface area contributed by atoms with E-state index in [4.69, 9.17) is 4.74 Å². The van der Waals surface area contributed by atoms with E-state index in [2.05, 4.69) is 35.5 Å². The van der Waals surface area contributed by atoms with Crippen molar-refractivity contribution >= 4 is 5.97 Å². The molecule has 0 aliphatic carbocycles. The van der Waals surface area contributed by atoms with E-state index in [1.807, 2.05) is 0 Å². The maximum absolute atomic E-state index is 11.6. The summed E-state index contributed by atoms with van der Waals surface area (Å²) in [6, 6.07) is 0. The number of esters is 1. The Balaban J connectivity index is 2.19. The number of carbonyl (C=O) groups excluding carboxylic acids is 1. The van der Waals surface area contributed by atoms with E-state index in [0.29, 0.717) is 6.54 Å². The molecule has 2 heterocycles. The normalized spacial score (nSPS) is 19.4. The fourth-order valence-corrected chi connectivity index (χ4v) is 2.35. The third-order valence-corrected chi connectivity index (χ3v) is 3.25. The van der Waals surface area contributed by atoms with Crippen LogP contribution in [0.15, 0.2) is 0 Å². The number of hydrogen-bond donors (Lipinski definition) is 0. The van der Waals surface area contributed by atoms with E-state index < -0.39 is 0 Å². The van der Waals surface area contributed by atoms with E-state index in [-0.39, 0.29) is 17.3 Å². The Hall–Kier alpha value is -1.39. The van der Waals surface area contributed by atoms with Crippen molar-refractivity contribution in [1.82, 2.24) is 14.8 Å². The van der Waals surface area contributed by atoms with Crippen molar-refractivity contribution in [3.05, 3.63) is 11.6 Å². The Bertz CT molecular complexity index is 446. The molecule has 5 nitrogen and oxygen atoms in total. The van der Waals surface area contributed by atoms with Gasteiger partial charge in [0.15, 0.2) is 0 Å². The van der Waals surface area contributed by atoms with E-state index >= 15 is 0 Å². The Morgan fingerprint density at radius 3 is 2.78 bits per heavy atom. The summed E-state index contributed by atoms with van der Waals surface area (Å²) < 4.78 is 6.92. The van der Waals surface area contributed by atoms with Gasteiger partial charge in [-0.1, -0.05) is 20.8 Å². The second kappa shape index (κ2) is 4.71. The number of ether oxygens (including phenoxy) is 1. The molecular formula is C13H21N3O2. The molecule has 1 unspecified atom stereocenters. The molecule has 1 aromatic rings. The smallest absolute Gasteiger partial charge is 0.310 e. The maximum atomic E-state index is 11.6. The van der Waals surface area contributed by atoms with Gasteiger partial charge < -0.3 is 9.30 Å². The van der Waals surface area contributed by atoms with Crippen molar-refractivity contribution in [3.8, 4) is 0 Å². The standard InChI is InChI=1S/C13H21N3O2/c1-13(2,3)7-11-15-14-10-6-5-9(8-16(10)11)12(17)18-4/h9H,5-8H2,1-4H3. The Kier molecular flexibility index (Phi) is 3.41. The van der Waals surface area contributed by atoms with Crippen LogP contribution in [0.3, 0.4) is 0 Å². The molecule has 2 rings (SSSR count). The summed E-state index contributed by atoms with van der Waals surface area (Å²) >= 11 is 0. The summed E-state index contributed by atoms with van der Waals surface area (Å²) in [5.41, 5.74) is 0.169. The van der Waals surface area contributed by atoms with Gasteiger partial charge in [-0.2, -0.15) is 0 Å². The number of aryl methyl sites for hydroxylation is 1. The largest absolute Gasteiger partial charge is 0.469 e. The summed E-state index contributed by atoms with van der Waals surface area (Å²) in [5.74, 6) is 1.79. The molecule has 0 N–H and O–H groups in total. The van der Waals surface area contributed by atoms with Gasteiger partial charge in [0.25, 0.3) is 0 Å². The molecule has 0 saturated heterocycles. The molecule has 0 saturated carbocycles. The quantitative estimate of drug-likeness (QED) is 0.749. The molecule has 0 bridgehead atoms. The molecule has 0 spiro atoms. The molecule has 1 atom stereocenters. The van der Waals surface area contributed by atoms with Crippen molar-refractivity contribution in [2.45, 2.75) is 46.6 Å². The predicted octanol–water partition coefficient (Wildman–Crippen LogP) is 1.60. The molecule has 1 aliphatic rings. The van der Waals surface area contributed by atoms with Crippen molar-refractivity contribution in [3.63, 3.8) is 0 Å². The highest BCUT2D eigenvalue weighted by Crippen LogP contribution is 2.25. The highest BCUT2D eigenvalue weighted by Gasteiger charge is 2.29. The van der Waals surface area contributed by atoms with Gasteiger partial charge in [0.05, 0.1) is 13.0 Å². The average molecular weight is 251 g/mol. The number of nitrogens with zero attached hydrogens (tertiary/aromatic N) is 3. The highest BCUT2D eigenvalue weighted by atomic mass is 16.5. The topological polar surface area (TPSA) is 57.0 Å². The van der Waals surface area contributed by atoms with Gasteiger partial charge in [-0.15, -0.1) is 10.2 Å². The molecule has 18 heavy (non-hydrogen) atoms. The lowest BCUT2D eigenvalue weighted by Crippen LogP contribution is -2.29. The van der Waals surface area contributed by atoms with Crippen LogP contribution in [0.4, 0.5) is 0 Å². The molecular weight excluding hydrogens is 230 g/mol. The van der Waals surface area contributed by atoms with Crippen LogP contribution >= 0.6 is 0 Å². The summed E-state index contributed by atoms with van der Waals surface area (Å²) in [5, 5.41) is 8.48. The Morgan fingerprint density at radius 1 is 1.44 bits per heavy atom. The zero-order valence-corrected chi connectivity index (χ0v) is 11.6. The van der Waals surface area contributed by atoms with Gasteiger partial charge in [0.2, 0.25) is 0 Å². The van der Waals surface area contributed by atoms with Crippen LogP contribution in [0.1, 0.15) is 38.8 Å². The van der Waals surface area contributed by atoms with Gasteiger partial charge in [0, 0.05) is 19.4 Å². The highest BCUT2D eigenvalue weighted by molar-refractivity contribution is 5.72. The van der Waals surface area contributed by atoms with Crippen molar-refractivity contribution in [1.29, 1.82) is 0 Å². The summed E-state index contributed by atoms with van der Waals surface area (Å²) in [6.45, 7) is 7.18. The van der Waals surface area contributed by atoms with E-state index in [9.17, 15) is 4.79 Å². The zero-order chi connectivity index (χ0) is 13.3. The molecule has 0 aromatic carbocycles. The minimum Gasteiger partial charge on any atom is -0.469 e. The third-order valence-electron chi connectivity index (χ3n) is 3.25. The number of methoxy groups -OCH3 is 1. The third kappa shape index (κ3) is 2.71. The van der Waals surface area contributed by atoms with Crippen LogP contribution in [0.5, 0.6) is 0 Å². The van der Waals surface area contributed by atoms with E-state index in [1.54, 1.807) is 0 Å². The monoisotopic (exact) mass is 251 g/mol. The van der Waals surface area contributed by atoms with E-state index in [1.165, 1.54) is 7.11 Å². The Morgan fingerprint density at radius 2 is 2.17 bits per heavy atom. The van der Waals surface area contributed by atoms with E-state index in [0.717, 1.165) is 30.9 Å². The first-order valence-corrected chi connectivity index (χ1v) is 6.39. The molecule has 1 aliphatic heterocycles. The van der Waals surface area contributed by atoms with Crippen molar-refractivity contribution in [2.24, 2.45) is 11.3 Å². The first-order chi connectivity index (χ1) is 8.40. The van der Waals surface area contributed by atoms with Crippen LogP contribution in [0.25, 0.3) is 0 Å². The summed E-state index contributed by atoms with van der Waals surface area (Å²) in [4.78, 5) is 11.6. The second-order valence-corrected chi connectivity index (χ2v) is 6.14. The zero-order valence-electron chi connectivity index (χ0n) is 11.6. The van der Waals surface area contributed by atoms with Crippen LogP contribution in [0, 0.1) is 11.3 Å². The van der Waals surface area contributed by atoms with Gasteiger partial charge in [-0.3, -0.25) is 4.79 Å². The molecule has 1 aromatic heterocycles. The lowest BCUT2D eigenvalue weighted by molar-refractivity contribution is -0.146. The average Bonchev–Trinajstić information content (AvgIpc) is 2.68. The first kappa shape index (κ1) is 13.1. The number of rotatable bonds is 2. The fraction of sp³-hybridized carbons (Fsp3) is 0.769. The minimum atomic E-state index is -0.129. The SMILES string of the molecule is COC(=O)C1CCc2nnc(CC(C)(C)C)n2C1. The molecule has 0 amide bonds. The molecule has 5 heteroatoms. The van der Waals surface area contributed by atoms with Crippen molar-refractivity contribution in [2.75, 3.05) is 7.11 Å². The number of fused-ring (bicyclic) bond motifs is 1. The van der Waals surface area contributed by atoms with Gasteiger partial charge in [-0.05, 0) is 11.8 Å². The molecule has 0 fully saturated rings. The van der Waals surface area contributed by atoms with Gasteiger partial charge >= 0.3 is 5.97 Å². The molecule has 100 valence electrons. The van der Waals surface area contributed by atoms with Crippen LogP contribution in [0.2, 0.25) is 0 Å². The summed E-state index contributed by atoms with van der Waals surface area (Å²) in [6.07, 6.45) is 2.48. The fourth-order valence-electron chi connectivity index (χ4n) is 2.35. The lowest BCUT2D eigenvalue weighted by atomic mass is 9.91. The molecule has 0 radical (unpaired) electrons. The predicted molar refractivity (Wildman–Crippen MR) is 67.0 cm³/mol. The summed E-state index contributed by atoms with van der Waals surface area (Å²) in [7, 11) is 1.44. The van der Waals surface area contributed by atoms with Crippen LogP contribution < -0.4 is 0 Å². The van der Waals surface area contributed by atoms with Crippen molar-refractivity contribution < 1.29 is 9.53 Å². The van der Waals surface area contributed by atoms with Crippen LogP contribution in [-0.2, 0) is 28.9 Å². The first-order valence-electron chi connectivity index (χ1n) is 6.39. The lowest BCUT2D eigenvalue weighted by Gasteiger charge is -2.24. The Labute approximate surface area is 108 Å². The number of aromatic nitrogens is 3. The minimum absolute atomic E-state index is 0.0581. The second-order valence-electron chi connectivity index (χ2n) is 6.14. The van der Waals surface area contributed by atoms with Gasteiger partial charge in [-0.25, -0.2) is 0 Å². The maximum Gasteiger partial charge on any atom is 0.310 e. The van der Waals surface area contributed by atoms with Gasteiger partial charge in [0.1, 0.15) is 11.6 Å².